The Kier molecular flexibility index (Phi) is 4.18. The van der Waals surface area contributed by atoms with Gasteiger partial charge in [-0.05, 0) is 18.6 Å². The van der Waals surface area contributed by atoms with Gasteiger partial charge in [-0.15, -0.1) is 0 Å². The number of allylic oxidation sites excluding steroid dienone is 1. The van der Waals surface area contributed by atoms with Gasteiger partial charge < -0.3 is 10.2 Å². The summed E-state index contributed by atoms with van der Waals surface area (Å²) in [6.45, 7) is 2.36. The van der Waals surface area contributed by atoms with Gasteiger partial charge in [0, 0.05) is 12.3 Å². The van der Waals surface area contributed by atoms with Gasteiger partial charge in [-0.3, -0.25) is 9.48 Å². The topological polar surface area (TPSA) is 92.4 Å². The minimum atomic E-state index is -1.55. The van der Waals surface area contributed by atoms with Crippen molar-refractivity contribution in [3.8, 4) is 0 Å². The second-order valence-corrected chi connectivity index (χ2v) is 4.56. The van der Waals surface area contributed by atoms with Gasteiger partial charge in [-0.1, -0.05) is 29.8 Å². The van der Waals surface area contributed by atoms with Crippen LogP contribution >= 0.6 is 0 Å². The number of nitrogens with zero attached hydrogens (tertiary/aromatic N) is 2. The molecule has 2 N–H and O–H groups in total. The van der Waals surface area contributed by atoms with Crippen molar-refractivity contribution in [1.29, 1.82) is 0 Å². The molecule has 0 radical (unpaired) electrons. The molecular weight excluding hydrogens is 272 g/mol. The molecule has 1 heterocycles. The van der Waals surface area contributed by atoms with E-state index in [2.05, 4.69) is 5.10 Å². The van der Waals surface area contributed by atoms with E-state index >= 15 is 0 Å². The number of hydrogen-bond donors (Lipinski definition) is 2. The fraction of sp³-hybridized carbons (Fsp3) is 0.133. The molecule has 1 aromatic heterocycles. The minimum absolute atomic E-state index is 0.211. The quantitative estimate of drug-likeness (QED) is 0.498. The Bertz CT molecular complexity index is 699. The third kappa shape index (κ3) is 3.56. The number of aliphatic hydroxyl groups excluding tert-OH is 1. The van der Waals surface area contributed by atoms with E-state index < -0.39 is 17.5 Å². The molecule has 0 unspecified atom stereocenters. The molecular formula is C15H14N2O4. The number of carboxylic acids is 1. The highest BCUT2D eigenvalue weighted by Crippen LogP contribution is 2.09. The molecule has 6 nitrogen and oxygen atoms in total. The van der Waals surface area contributed by atoms with Crippen LogP contribution in [0.25, 0.3) is 0 Å². The summed E-state index contributed by atoms with van der Waals surface area (Å²) in [6, 6.07) is 9.24. The summed E-state index contributed by atoms with van der Waals surface area (Å²) in [5.74, 6) is -3.16. The Morgan fingerprint density at radius 1 is 1.19 bits per heavy atom. The fourth-order valence-corrected chi connectivity index (χ4v) is 1.79. The van der Waals surface area contributed by atoms with Crippen LogP contribution in [0.5, 0.6) is 0 Å². The summed E-state index contributed by atoms with van der Waals surface area (Å²) >= 11 is 0. The van der Waals surface area contributed by atoms with E-state index in [-0.39, 0.29) is 5.69 Å². The first-order valence-electron chi connectivity index (χ1n) is 6.23. The van der Waals surface area contributed by atoms with Crippen molar-refractivity contribution in [3.63, 3.8) is 0 Å². The summed E-state index contributed by atoms with van der Waals surface area (Å²) in [5.41, 5.74) is 2.30. The Labute approximate surface area is 121 Å². The lowest BCUT2D eigenvalue weighted by Gasteiger charge is -2.06. The molecule has 0 amide bonds. The van der Waals surface area contributed by atoms with Crippen LogP contribution in [0.2, 0.25) is 0 Å². The Morgan fingerprint density at radius 3 is 2.48 bits per heavy atom. The first kappa shape index (κ1) is 14.5. The van der Waals surface area contributed by atoms with Gasteiger partial charge in [0.1, 0.15) is 5.69 Å². The van der Waals surface area contributed by atoms with Crippen LogP contribution in [-0.4, -0.2) is 31.7 Å². The van der Waals surface area contributed by atoms with Gasteiger partial charge in [-0.2, -0.15) is 5.10 Å². The highest BCUT2D eigenvalue weighted by atomic mass is 16.4. The highest BCUT2D eigenvalue weighted by Gasteiger charge is 2.14. The zero-order chi connectivity index (χ0) is 15.4. The number of aliphatic carboxylic acids is 1. The van der Waals surface area contributed by atoms with Gasteiger partial charge >= 0.3 is 5.97 Å². The predicted molar refractivity (Wildman–Crippen MR) is 75.2 cm³/mol. The third-order valence-electron chi connectivity index (χ3n) is 2.91. The lowest BCUT2D eigenvalue weighted by atomic mass is 10.1. The van der Waals surface area contributed by atoms with Crippen LogP contribution in [0.15, 0.2) is 48.4 Å². The number of benzene rings is 1. The summed E-state index contributed by atoms with van der Waals surface area (Å²) in [7, 11) is 0. The van der Waals surface area contributed by atoms with Crippen molar-refractivity contribution in [2.24, 2.45) is 0 Å². The standard InChI is InChI=1S/C15H14N2O4/c1-10-2-4-11(5-3-10)9-17-12(6-7-16-17)13(18)8-14(19)15(20)21/h2-8,19H,9H2,1H3,(H,20,21). The zero-order valence-electron chi connectivity index (χ0n) is 11.4. The van der Waals surface area contributed by atoms with Crippen molar-refractivity contribution in [2.75, 3.05) is 0 Å². The molecule has 0 saturated carbocycles. The van der Waals surface area contributed by atoms with Crippen molar-refractivity contribution < 1.29 is 19.8 Å². The van der Waals surface area contributed by atoms with Crippen molar-refractivity contribution >= 4 is 11.8 Å². The number of ketones is 1. The van der Waals surface area contributed by atoms with Crippen molar-refractivity contribution in [2.45, 2.75) is 13.5 Å². The largest absolute Gasteiger partial charge is 0.502 e. The molecule has 2 aromatic rings. The number of aliphatic hydroxyl groups is 1. The predicted octanol–water partition coefficient (Wildman–Crippen LogP) is 1.95. The Hall–Kier alpha value is -2.89. The molecule has 0 spiro atoms. The lowest BCUT2D eigenvalue weighted by molar-refractivity contribution is -0.135. The maximum atomic E-state index is 11.9. The molecule has 6 heteroatoms. The first-order valence-corrected chi connectivity index (χ1v) is 6.23. The molecule has 0 atom stereocenters. The lowest BCUT2D eigenvalue weighted by Crippen LogP contribution is -2.11. The molecule has 0 fully saturated rings. The maximum Gasteiger partial charge on any atom is 0.371 e. The average Bonchev–Trinajstić information content (AvgIpc) is 2.89. The summed E-state index contributed by atoms with van der Waals surface area (Å²) in [4.78, 5) is 22.4. The van der Waals surface area contributed by atoms with E-state index in [1.54, 1.807) is 0 Å². The average molecular weight is 286 g/mol. The van der Waals surface area contributed by atoms with Gasteiger partial charge in [0.25, 0.3) is 0 Å². The van der Waals surface area contributed by atoms with Crippen LogP contribution in [0, 0.1) is 6.92 Å². The van der Waals surface area contributed by atoms with E-state index in [0.717, 1.165) is 11.1 Å². The Morgan fingerprint density at radius 2 is 1.86 bits per heavy atom. The van der Waals surface area contributed by atoms with Gasteiger partial charge in [0.15, 0.2) is 0 Å². The van der Waals surface area contributed by atoms with E-state index in [4.69, 9.17) is 10.2 Å². The van der Waals surface area contributed by atoms with Crippen LogP contribution in [0.4, 0.5) is 0 Å². The van der Waals surface area contributed by atoms with Crippen LogP contribution in [-0.2, 0) is 11.3 Å². The monoisotopic (exact) mass is 286 g/mol. The normalized spacial score (nSPS) is 11.4. The van der Waals surface area contributed by atoms with E-state index in [0.29, 0.717) is 12.6 Å². The van der Waals surface area contributed by atoms with Gasteiger partial charge in [0.2, 0.25) is 11.5 Å². The van der Waals surface area contributed by atoms with Crippen molar-refractivity contribution in [3.05, 3.63) is 65.2 Å². The van der Waals surface area contributed by atoms with Crippen LogP contribution in [0.1, 0.15) is 21.6 Å². The second-order valence-electron chi connectivity index (χ2n) is 4.56. The second kappa shape index (κ2) is 6.04. The van der Waals surface area contributed by atoms with Gasteiger partial charge in [0.05, 0.1) is 6.54 Å². The molecule has 0 aliphatic heterocycles. The van der Waals surface area contributed by atoms with E-state index in [1.165, 1.54) is 16.9 Å². The smallest absolute Gasteiger partial charge is 0.371 e. The molecule has 2 rings (SSSR count). The van der Waals surface area contributed by atoms with Crippen molar-refractivity contribution in [1.82, 2.24) is 9.78 Å². The molecule has 108 valence electrons. The number of carbonyl (C=O) groups excluding carboxylic acids is 1. The number of carboxylic acid groups (broad SMARTS) is 1. The summed E-state index contributed by atoms with van der Waals surface area (Å²) in [6.07, 6.45) is 2.12. The van der Waals surface area contributed by atoms with Crippen LogP contribution in [0.3, 0.4) is 0 Å². The van der Waals surface area contributed by atoms with E-state index in [1.807, 2.05) is 31.2 Å². The number of hydrogen-bond acceptors (Lipinski definition) is 4. The molecule has 0 saturated heterocycles. The number of rotatable bonds is 5. The molecule has 21 heavy (non-hydrogen) atoms. The third-order valence-corrected chi connectivity index (χ3v) is 2.91. The number of carbonyl (C=O) groups is 2. The van der Waals surface area contributed by atoms with E-state index in [9.17, 15) is 9.59 Å². The number of aryl methyl sites for hydroxylation is 1. The molecule has 0 aliphatic rings. The highest BCUT2D eigenvalue weighted by molar-refractivity contribution is 6.06. The molecule has 1 aromatic carbocycles. The zero-order valence-corrected chi connectivity index (χ0v) is 11.4. The van der Waals surface area contributed by atoms with Crippen LogP contribution < -0.4 is 0 Å². The first-order chi connectivity index (χ1) is 9.97. The molecule has 0 aliphatic carbocycles. The SMILES string of the molecule is Cc1ccc(Cn2nccc2C(=O)C=C(O)C(=O)O)cc1. The number of aromatic nitrogens is 2. The fourth-order valence-electron chi connectivity index (χ4n) is 1.79. The molecule has 0 bridgehead atoms. The Balaban J connectivity index is 2.22. The maximum absolute atomic E-state index is 11.9. The summed E-state index contributed by atoms with van der Waals surface area (Å²) < 4.78 is 1.46. The summed E-state index contributed by atoms with van der Waals surface area (Å²) in [5, 5.41) is 21.7. The minimum Gasteiger partial charge on any atom is -0.502 e. The van der Waals surface area contributed by atoms with Gasteiger partial charge in [-0.25, -0.2) is 4.79 Å².